The van der Waals surface area contributed by atoms with Crippen LogP contribution in [0.2, 0.25) is 0 Å². The third-order valence-electron chi connectivity index (χ3n) is 5.55. The van der Waals surface area contributed by atoms with Crippen LogP contribution in [0, 0.1) is 5.82 Å². The van der Waals surface area contributed by atoms with Crippen LogP contribution >= 0.6 is 0 Å². The maximum Gasteiger partial charge on any atom is 0.257 e. The Morgan fingerprint density at radius 3 is 2.21 bits per heavy atom. The number of rotatable bonds is 7. The van der Waals surface area contributed by atoms with Gasteiger partial charge in [0.05, 0.1) is 18.8 Å². The number of hydrogen-bond acceptors (Lipinski definition) is 5. The van der Waals surface area contributed by atoms with E-state index in [0.29, 0.717) is 35.8 Å². The SMILES string of the molecule is C[C@@H](Nc1ccccc1C(=O)Nc1ccc(F)cc1)C(=O)Nc1ccc(N2CCOCC2)cc1. The zero-order chi connectivity index (χ0) is 23.9. The summed E-state index contributed by atoms with van der Waals surface area (Å²) in [6, 6.07) is 19.6. The van der Waals surface area contributed by atoms with Crippen LogP contribution in [0.25, 0.3) is 0 Å². The van der Waals surface area contributed by atoms with E-state index >= 15 is 0 Å². The average Bonchev–Trinajstić information content (AvgIpc) is 2.86. The first-order chi connectivity index (χ1) is 16.5. The molecule has 0 spiro atoms. The van der Waals surface area contributed by atoms with Crippen LogP contribution in [0.4, 0.5) is 27.1 Å². The fraction of sp³-hybridized carbons (Fsp3) is 0.231. The highest BCUT2D eigenvalue weighted by atomic mass is 19.1. The third kappa shape index (κ3) is 5.90. The van der Waals surface area contributed by atoms with Gasteiger partial charge in [0.15, 0.2) is 0 Å². The molecule has 0 aromatic heterocycles. The van der Waals surface area contributed by atoms with Crippen molar-refractivity contribution in [1.29, 1.82) is 0 Å². The molecule has 2 amide bonds. The summed E-state index contributed by atoms with van der Waals surface area (Å²) in [5, 5.41) is 8.76. The number of para-hydroxylation sites is 1. The van der Waals surface area contributed by atoms with E-state index < -0.39 is 6.04 Å². The molecule has 4 rings (SSSR count). The molecule has 0 saturated carbocycles. The van der Waals surface area contributed by atoms with Crippen LogP contribution in [0.5, 0.6) is 0 Å². The van der Waals surface area contributed by atoms with Gasteiger partial charge in [-0.3, -0.25) is 9.59 Å². The van der Waals surface area contributed by atoms with Gasteiger partial charge in [0.2, 0.25) is 5.91 Å². The number of morpholine rings is 1. The number of hydrogen-bond donors (Lipinski definition) is 3. The van der Waals surface area contributed by atoms with Gasteiger partial charge in [-0.1, -0.05) is 12.1 Å². The van der Waals surface area contributed by atoms with Gasteiger partial charge in [0, 0.05) is 35.8 Å². The topological polar surface area (TPSA) is 82.7 Å². The van der Waals surface area contributed by atoms with Crippen LogP contribution in [0.15, 0.2) is 72.8 Å². The standard InChI is InChI=1S/C26H27FN4O3/c1-18(25(32)29-21-10-12-22(13-11-21)31-14-16-34-17-15-31)28-24-5-3-2-4-23(24)26(33)30-20-8-6-19(27)7-9-20/h2-13,18,28H,14-17H2,1H3,(H,29,32)(H,30,33)/t18-/m1/s1. The van der Waals surface area contributed by atoms with Crippen molar-refractivity contribution in [2.45, 2.75) is 13.0 Å². The molecule has 0 aliphatic carbocycles. The van der Waals surface area contributed by atoms with Crippen molar-refractivity contribution in [3.8, 4) is 0 Å². The smallest absolute Gasteiger partial charge is 0.257 e. The highest BCUT2D eigenvalue weighted by Gasteiger charge is 2.18. The minimum Gasteiger partial charge on any atom is -0.378 e. The minimum absolute atomic E-state index is 0.229. The molecule has 1 aliphatic heterocycles. The number of ether oxygens (including phenoxy) is 1. The lowest BCUT2D eigenvalue weighted by Gasteiger charge is -2.29. The summed E-state index contributed by atoms with van der Waals surface area (Å²) in [7, 11) is 0. The second-order valence-corrected chi connectivity index (χ2v) is 8.01. The summed E-state index contributed by atoms with van der Waals surface area (Å²) in [5.74, 6) is -0.968. The highest BCUT2D eigenvalue weighted by Crippen LogP contribution is 2.21. The molecule has 7 nitrogen and oxygen atoms in total. The molecule has 0 radical (unpaired) electrons. The number of amides is 2. The fourth-order valence-electron chi connectivity index (χ4n) is 3.67. The molecule has 1 atom stereocenters. The largest absolute Gasteiger partial charge is 0.378 e. The summed E-state index contributed by atoms with van der Waals surface area (Å²) < 4.78 is 18.5. The van der Waals surface area contributed by atoms with Crippen LogP contribution < -0.4 is 20.9 Å². The summed E-state index contributed by atoms with van der Waals surface area (Å²) in [5.41, 5.74) is 3.16. The van der Waals surface area contributed by atoms with Crippen molar-refractivity contribution in [2.24, 2.45) is 0 Å². The maximum atomic E-state index is 13.1. The van der Waals surface area contributed by atoms with E-state index in [9.17, 15) is 14.0 Å². The van der Waals surface area contributed by atoms with Crippen molar-refractivity contribution < 1.29 is 18.7 Å². The van der Waals surface area contributed by atoms with Crippen LogP contribution in [0.3, 0.4) is 0 Å². The Balaban J connectivity index is 1.37. The molecule has 1 saturated heterocycles. The van der Waals surface area contributed by atoms with Crippen molar-refractivity contribution in [3.05, 3.63) is 84.2 Å². The monoisotopic (exact) mass is 462 g/mol. The Bertz CT molecular complexity index is 1130. The Kier molecular flexibility index (Phi) is 7.39. The number of carbonyl (C=O) groups is 2. The quantitative estimate of drug-likeness (QED) is 0.486. The Morgan fingerprint density at radius 1 is 0.882 bits per heavy atom. The van der Waals surface area contributed by atoms with E-state index in [1.54, 1.807) is 31.2 Å². The van der Waals surface area contributed by atoms with Gasteiger partial charge in [-0.25, -0.2) is 4.39 Å². The first-order valence-electron chi connectivity index (χ1n) is 11.2. The molecule has 3 aromatic rings. The molecule has 0 unspecified atom stereocenters. The van der Waals surface area contributed by atoms with Crippen molar-refractivity contribution in [1.82, 2.24) is 0 Å². The van der Waals surface area contributed by atoms with E-state index in [2.05, 4.69) is 20.9 Å². The molecular weight excluding hydrogens is 435 g/mol. The number of anilines is 4. The molecule has 1 fully saturated rings. The molecular formula is C26H27FN4O3. The maximum absolute atomic E-state index is 13.1. The summed E-state index contributed by atoms with van der Waals surface area (Å²) in [6.07, 6.45) is 0. The zero-order valence-corrected chi connectivity index (χ0v) is 18.9. The Labute approximate surface area is 197 Å². The molecule has 1 heterocycles. The lowest BCUT2D eigenvalue weighted by atomic mass is 10.1. The number of nitrogens with zero attached hydrogens (tertiary/aromatic N) is 1. The molecule has 3 N–H and O–H groups in total. The van der Waals surface area contributed by atoms with Crippen LogP contribution in [0.1, 0.15) is 17.3 Å². The second-order valence-electron chi connectivity index (χ2n) is 8.01. The van der Waals surface area contributed by atoms with Gasteiger partial charge in [-0.2, -0.15) is 0 Å². The van der Waals surface area contributed by atoms with E-state index in [-0.39, 0.29) is 17.6 Å². The van der Waals surface area contributed by atoms with Crippen molar-refractivity contribution >= 4 is 34.6 Å². The Hall–Kier alpha value is -3.91. The van der Waals surface area contributed by atoms with Crippen molar-refractivity contribution in [2.75, 3.05) is 47.2 Å². The first-order valence-corrected chi connectivity index (χ1v) is 11.2. The molecule has 1 aliphatic rings. The normalized spacial score (nSPS) is 14.2. The predicted molar refractivity (Wildman–Crippen MR) is 132 cm³/mol. The number of nitrogens with one attached hydrogen (secondary N) is 3. The third-order valence-corrected chi connectivity index (χ3v) is 5.55. The minimum atomic E-state index is -0.598. The van der Waals surface area contributed by atoms with E-state index in [0.717, 1.165) is 18.8 Å². The molecule has 0 bridgehead atoms. The summed E-state index contributed by atoms with van der Waals surface area (Å²) in [4.78, 5) is 27.8. The molecule has 176 valence electrons. The summed E-state index contributed by atoms with van der Waals surface area (Å²) in [6.45, 7) is 4.85. The van der Waals surface area contributed by atoms with Gasteiger partial charge in [0.25, 0.3) is 5.91 Å². The lowest BCUT2D eigenvalue weighted by molar-refractivity contribution is -0.116. The second kappa shape index (κ2) is 10.8. The first kappa shape index (κ1) is 23.3. The predicted octanol–water partition coefficient (Wildman–Crippen LogP) is 4.35. The van der Waals surface area contributed by atoms with E-state index in [1.807, 2.05) is 24.3 Å². The van der Waals surface area contributed by atoms with Gasteiger partial charge in [0.1, 0.15) is 11.9 Å². The zero-order valence-electron chi connectivity index (χ0n) is 18.9. The van der Waals surface area contributed by atoms with Crippen LogP contribution in [-0.4, -0.2) is 44.2 Å². The lowest BCUT2D eigenvalue weighted by Crippen LogP contribution is -2.36. The van der Waals surface area contributed by atoms with Gasteiger partial charge >= 0.3 is 0 Å². The van der Waals surface area contributed by atoms with Gasteiger partial charge in [-0.05, 0) is 67.6 Å². The van der Waals surface area contributed by atoms with Crippen LogP contribution in [-0.2, 0) is 9.53 Å². The highest BCUT2D eigenvalue weighted by molar-refractivity contribution is 6.08. The number of benzene rings is 3. The number of halogens is 1. The van der Waals surface area contributed by atoms with E-state index in [4.69, 9.17) is 4.74 Å². The average molecular weight is 463 g/mol. The molecule has 34 heavy (non-hydrogen) atoms. The summed E-state index contributed by atoms with van der Waals surface area (Å²) >= 11 is 0. The Morgan fingerprint density at radius 2 is 1.50 bits per heavy atom. The fourth-order valence-corrected chi connectivity index (χ4v) is 3.67. The molecule has 3 aromatic carbocycles. The number of carbonyl (C=O) groups excluding carboxylic acids is 2. The van der Waals surface area contributed by atoms with Crippen molar-refractivity contribution in [3.63, 3.8) is 0 Å². The van der Waals surface area contributed by atoms with E-state index in [1.165, 1.54) is 24.3 Å². The van der Waals surface area contributed by atoms with Gasteiger partial charge in [-0.15, -0.1) is 0 Å². The van der Waals surface area contributed by atoms with Gasteiger partial charge < -0.3 is 25.6 Å². The molecule has 8 heteroatoms.